The normalized spacial score (nSPS) is 26.5. The smallest absolute Gasteiger partial charge is 0.303 e. The molecule has 3 unspecified atom stereocenters. The van der Waals surface area contributed by atoms with Gasteiger partial charge in [0, 0.05) is 12.6 Å². The van der Waals surface area contributed by atoms with Crippen LogP contribution in [0.4, 0.5) is 13.2 Å². The molecular weight excluding hydrogens is 255 g/mol. The van der Waals surface area contributed by atoms with E-state index in [0.717, 1.165) is 0 Å². The molecule has 6 heteroatoms. The monoisotopic (exact) mass is 277 g/mol. The fraction of sp³-hybridized carbons (Fsp3) is 0.923. The third kappa shape index (κ3) is 4.36. The number of likely N-dealkylation sites (tertiary alicyclic amines) is 1. The van der Waals surface area contributed by atoms with Gasteiger partial charge >= 0.3 is 6.18 Å². The molecule has 0 radical (unpaired) electrons. The Balaban J connectivity index is 2.63. The maximum atomic E-state index is 12.8. The third-order valence-corrected chi connectivity index (χ3v) is 4.04. The Kier molecular flexibility index (Phi) is 5.22. The molecule has 1 aliphatic rings. The van der Waals surface area contributed by atoms with Gasteiger partial charge in [0.25, 0.3) is 0 Å². The number of hydrogen-bond acceptors (Lipinski definition) is 3. The Labute approximate surface area is 112 Å². The molecule has 0 saturated carbocycles. The van der Waals surface area contributed by atoms with Gasteiger partial charge in [0.15, 0.2) is 0 Å². The Bertz CT molecular complexity index is 337. The summed E-state index contributed by atoms with van der Waals surface area (Å²) in [4.78, 5) is 1.86. The highest BCUT2D eigenvalue weighted by Crippen LogP contribution is 2.34. The first-order chi connectivity index (χ1) is 8.72. The minimum Gasteiger partial charge on any atom is -0.303 e. The minimum atomic E-state index is -4.11. The van der Waals surface area contributed by atoms with E-state index in [1.807, 2.05) is 11.8 Å². The molecule has 0 aromatic rings. The number of alkyl halides is 3. The van der Waals surface area contributed by atoms with E-state index in [9.17, 15) is 13.2 Å². The molecule has 0 aromatic carbocycles. The van der Waals surface area contributed by atoms with Crippen molar-refractivity contribution in [3.8, 4) is 6.07 Å². The summed E-state index contributed by atoms with van der Waals surface area (Å²) in [6.45, 7) is 4.40. The molecule has 1 aliphatic heterocycles. The Morgan fingerprint density at radius 3 is 2.58 bits per heavy atom. The van der Waals surface area contributed by atoms with Crippen LogP contribution in [0, 0.1) is 17.2 Å². The highest BCUT2D eigenvalue weighted by molar-refractivity contribution is 5.04. The van der Waals surface area contributed by atoms with Gasteiger partial charge in [-0.15, -0.1) is 0 Å². The van der Waals surface area contributed by atoms with Crippen molar-refractivity contribution in [1.82, 2.24) is 10.2 Å². The molecule has 1 rings (SSSR count). The van der Waals surface area contributed by atoms with Crippen molar-refractivity contribution in [3.05, 3.63) is 0 Å². The van der Waals surface area contributed by atoms with Crippen LogP contribution in [0.3, 0.4) is 0 Å². The molecule has 0 amide bonds. The van der Waals surface area contributed by atoms with Gasteiger partial charge in [-0.25, -0.2) is 0 Å². The van der Waals surface area contributed by atoms with Crippen molar-refractivity contribution in [2.24, 2.45) is 5.92 Å². The predicted octanol–water partition coefficient (Wildman–Crippen LogP) is 2.54. The molecule has 3 nitrogen and oxygen atoms in total. The quantitative estimate of drug-likeness (QED) is 0.858. The lowest BCUT2D eigenvalue weighted by Crippen LogP contribution is -2.50. The standard InChI is InChI=1S/C13H22F3N3/c1-10(7-12(2,9-17)18-3)19-6-4-5-11(8-19)13(14,15)16/h10-11,18H,4-8H2,1-3H3. The molecule has 1 saturated heterocycles. The largest absolute Gasteiger partial charge is 0.393 e. The number of rotatable bonds is 4. The Morgan fingerprint density at radius 1 is 1.47 bits per heavy atom. The molecule has 110 valence electrons. The zero-order valence-electron chi connectivity index (χ0n) is 11.7. The van der Waals surface area contributed by atoms with Crippen molar-refractivity contribution >= 4 is 0 Å². The highest BCUT2D eigenvalue weighted by Gasteiger charge is 2.42. The summed E-state index contributed by atoms with van der Waals surface area (Å²) in [5.74, 6) is -1.23. The highest BCUT2D eigenvalue weighted by atomic mass is 19.4. The lowest BCUT2D eigenvalue weighted by molar-refractivity contribution is -0.188. The maximum absolute atomic E-state index is 12.8. The van der Waals surface area contributed by atoms with Crippen LogP contribution in [0.1, 0.15) is 33.1 Å². The van der Waals surface area contributed by atoms with E-state index in [4.69, 9.17) is 5.26 Å². The van der Waals surface area contributed by atoms with Gasteiger partial charge in [0.2, 0.25) is 0 Å². The van der Waals surface area contributed by atoms with E-state index >= 15 is 0 Å². The van der Waals surface area contributed by atoms with Gasteiger partial charge in [-0.05, 0) is 46.7 Å². The minimum absolute atomic E-state index is 0.0396. The van der Waals surface area contributed by atoms with Crippen molar-refractivity contribution in [2.45, 2.75) is 50.9 Å². The van der Waals surface area contributed by atoms with Gasteiger partial charge in [0.1, 0.15) is 5.54 Å². The molecule has 19 heavy (non-hydrogen) atoms. The number of halogens is 3. The number of hydrogen-bond donors (Lipinski definition) is 1. The van der Waals surface area contributed by atoms with E-state index in [-0.39, 0.29) is 19.0 Å². The molecule has 0 bridgehead atoms. The van der Waals surface area contributed by atoms with Crippen LogP contribution in [0.25, 0.3) is 0 Å². The third-order valence-electron chi connectivity index (χ3n) is 4.04. The Hall–Kier alpha value is -0.800. The molecule has 1 N–H and O–H groups in total. The number of nitriles is 1. The van der Waals surface area contributed by atoms with Crippen LogP contribution >= 0.6 is 0 Å². The number of nitrogens with one attached hydrogen (secondary N) is 1. The van der Waals surface area contributed by atoms with E-state index in [1.165, 1.54) is 0 Å². The van der Waals surface area contributed by atoms with Crippen LogP contribution in [-0.4, -0.2) is 42.8 Å². The molecule has 0 aliphatic carbocycles. The van der Waals surface area contributed by atoms with Gasteiger partial charge < -0.3 is 5.32 Å². The number of piperidine rings is 1. The average Bonchev–Trinajstić information content (AvgIpc) is 2.37. The predicted molar refractivity (Wildman–Crippen MR) is 67.5 cm³/mol. The lowest BCUT2D eigenvalue weighted by Gasteiger charge is -2.39. The summed E-state index contributed by atoms with van der Waals surface area (Å²) >= 11 is 0. The summed E-state index contributed by atoms with van der Waals surface area (Å²) in [5.41, 5.74) is -0.690. The van der Waals surface area contributed by atoms with E-state index in [0.29, 0.717) is 19.4 Å². The maximum Gasteiger partial charge on any atom is 0.393 e. The van der Waals surface area contributed by atoms with Crippen LogP contribution in [0.2, 0.25) is 0 Å². The summed E-state index contributed by atoms with van der Waals surface area (Å²) < 4.78 is 38.3. The summed E-state index contributed by atoms with van der Waals surface area (Å²) in [7, 11) is 1.70. The zero-order chi connectivity index (χ0) is 14.7. The van der Waals surface area contributed by atoms with Crippen molar-refractivity contribution in [3.63, 3.8) is 0 Å². The fourth-order valence-electron chi connectivity index (χ4n) is 2.60. The number of nitrogens with zero attached hydrogens (tertiary/aromatic N) is 2. The fourth-order valence-corrected chi connectivity index (χ4v) is 2.60. The van der Waals surface area contributed by atoms with Gasteiger partial charge in [0.05, 0.1) is 12.0 Å². The Morgan fingerprint density at radius 2 is 2.11 bits per heavy atom. The van der Waals surface area contributed by atoms with E-state index < -0.39 is 17.6 Å². The molecule has 3 atom stereocenters. The zero-order valence-corrected chi connectivity index (χ0v) is 11.7. The molecule has 0 aromatic heterocycles. The van der Waals surface area contributed by atoms with Crippen LogP contribution < -0.4 is 5.32 Å². The van der Waals surface area contributed by atoms with Gasteiger partial charge in [-0.3, -0.25) is 4.90 Å². The molecule has 1 heterocycles. The SMILES string of the molecule is CNC(C)(C#N)CC(C)N1CCCC(C(F)(F)F)C1. The van der Waals surface area contributed by atoms with Crippen molar-refractivity contribution in [2.75, 3.05) is 20.1 Å². The second-order valence-corrected chi connectivity index (χ2v) is 5.62. The van der Waals surface area contributed by atoms with E-state index in [2.05, 4.69) is 11.4 Å². The lowest BCUT2D eigenvalue weighted by atomic mass is 9.91. The van der Waals surface area contributed by atoms with Crippen LogP contribution in [-0.2, 0) is 0 Å². The van der Waals surface area contributed by atoms with Crippen molar-refractivity contribution in [1.29, 1.82) is 5.26 Å². The molecule has 1 fully saturated rings. The van der Waals surface area contributed by atoms with Gasteiger partial charge in [-0.1, -0.05) is 0 Å². The molecular formula is C13H22F3N3. The second kappa shape index (κ2) is 6.10. The topological polar surface area (TPSA) is 39.1 Å². The average molecular weight is 277 g/mol. The van der Waals surface area contributed by atoms with Gasteiger partial charge in [-0.2, -0.15) is 18.4 Å². The first-order valence-corrected chi connectivity index (χ1v) is 6.63. The first kappa shape index (κ1) is 16.3. The summed E-state index contributed by atoms with van der Waals surface area (Å²) in [6, 6.07) is 2.14. The van der Waals surface area contributed by atoms with Crippen LogP contribution in [0.15, 0.2) is 0 Å². The van der Waals surface area contributed by atoms with Crippen LogP contribution in [0.5, 0.6) is 0 Å². The first-order valence-electron chi connectivity index (χ1n) is 6.63. The second-order valence-electron chi connectivity index (χ2n) is 5.62. The van der Waals surface area contributed by atoms with E-state index in [1.54, 1.807) is 14.0 Å². The summed E-state index contributed by atoms with van der Waals surface area (Å²) in [5, 5.41) is 12.0. The van der Waals surface area contributed by atoms with Crippen molar-refractivity contribution < 1.29 is 13.2 Å². The summed E-state index contributed by atoms with van der Waals surface area (Å²) in [6.07, 6.45) is -2.81. The molecule has 0 spiro atoms.